The van der Waals surface area contributed by atoms with E-state index < -0.39 is 0 Å². The largest absolute Gasteiger partial charge is 0.368 e. The third-order valence-corrected chi connectivity index (χ3v) is 4.18. The van der Waals surface area contributed by atoms with Crippen LogP contribution in [0.25, 0.3) is 0 Å². The van der Waals surface area contributed by atoms with Crippen molar-refractivity contribution in [1.82, 2.24) is 4.90 Å². The van der Waals surface area contributed by atoms with Gasteiger partial charge in [-0.2, -0.15) is 0 Å². The maximum atomic E-state index is 12.3. The van der Waals surface area contributed by atoms with Gasteiger partial charge in [-0.1, -0.05) is 6.92 Å². The summed E-state index contributed by atoms with van der Waals surface area (Å²) in [5.74, 6) is 1.28. The maximum absolute atomic E-state index is 12.3. The van der Waals surface area contributed by atoms with E-state index in [2.05, 4.69) is 6.92 Å². The van der Waals surface area contributed by atoms with Crippen molar-refractivity contribution in [2.24, 2.45) is 17.6 Å². The number of ether oxygens (including phenoxy) is 1. The lowest BCUT2D eigenvalue weighted by molar-refractivity contribution is -0.149. The number of hydrogen-bond acceptors (Lipinski definition) is 3. The predicted octanol–water partition coefficient (Wildman–Crippen LogP) is 0.999. The first-order valence-electron chi connectivity index (χ1n) is 6.83. The molecule has 2 heterocycles. The number of piperidine rings is 1. The van der Waals surface area contributed by atoms with Crippen molar-refractivity contribution < 1.29 is 9.53 Å². The second-order valence-corrected chi connectivity index (χ2v) is 5.40. The summed E-state index contributed by atoms with van der Waals surface area (Å²) >= 11 is 0. The Hall–Kier alpha value is -0.610. The van der Waals surface area contributed by atoms with Crippen molar-refractivity contribution in [3.05, 3.63) is 0 Å². The fourth-order valence-electron chi connectivity index (χ4n) is 2.80. The molecule has 2 fully saturated rings. The van der Waals surface area contributed by atoms with Crippen molar-refractivity contribution in [1.29, 1.82) is 0 Å². The van der Waals surface area contributed by atoms with Crippen LogP contribution in [0.2, 0.25) is 0 Å². The summed E-state index contributed by atoms with van der Waals surface area (Å²) in [6.45, 7) is 5.33. The minimum absolute atomic E-state index is 0.185. The molecule has 0 aromatic rings. The van der Waals surface area contributed by atoms with Gasteiger partial charge in [-0.05, 0) is 44.1 Å². The molecule has 0 spiro atoms. The third kappa shape index (κ3) is 2.99. The first kappa shape index (κ1) is 12.8. The molecule has 3 unspecified atom stereocenters. The van der Waals surface area contributed by atoms with Crippen molar-refractivity contribution >= 4 is 5.91 Å². The Morgan fingerprint density at radius 1 is 1.41 bits per heavy atom. The number of carbonyl (C=O) groups excluding carboxylic acids is 1. The molecule has 0 saturated carbocycles. The van der Waals surface area contributed by atoms with Crippen LogP contribution in [-0.4, -0.2) is 43.2 Å². The monoisotopic (exact) mass is 240 g/mol. The Morgan fingerprint density at radius 3 is 2.88 bits per heavy atom. The summed E-state index contributed by atoms with van der Waals surface area (Å²) in [5.41, 5.74) is 5.77. The number of hydrogen-bond donors (Lipinski definition) is 1. The van der Waals surface area contributed by atoms with Crippen LogP contribution in [0.4, 0.5) is 0 Å². The van der Waals surface area contributed by atoms with E-state index in [-0.39, 0.29) is 12.0 Å². The summed E-state index contributed by atoms with van der Waals surface area (Å²) in [5, 5.41) is 0. The Kier molecular flexibility index (Phi) is 4.40. The Morgan fingerprint density at radius 2 is 2.24 bits per heavy atom. The van der Waals surface area contributed by atoms with Gasteiger partial charge < -0.3 is 15.4 Å². The zero-order valence-corrected chi connectivity index (χ0v) is 10.7. The Balaban J connectivity index is 1.90. The lowest BCUT2D eigenvalue weighted by atomic mass is 9.87. The molecule has 1 amide bonds. The van der Waals surface area contributed by atoms with E-state index in [4.69, 9.17) is 10.5 Å². The number of carbonyl (C=O) groups is 1. The molecule has 2 rings (SSSR count). The van der Waals surface area contributed by atoms with Crippen LogP contribution in [0.15, 0.2) is 0 Å². The second-order valence-electron chi connectivity index (χ2n) is 5.40. The van der Waals surface area contributed by atoms with Crippen LogP contribution in [0.1, 0.15) is 32.6 Å². The van der Waals surface area contributed by atoms with Crippen LogP contribution in [0.5, 0.6) is 0 Å². The zero-order chi connectivity index (χ0) is 12.3. The molecule has 0 aliphatic carbocycles. The normalized spacial score (nSPS) is 34.7. The number of nitrogens with zero attached hydrogens (tertiary/aromatic N) is 1. The quantitative estimate of drug-likeness (QED) is 0.783. The van der Waals surface area contributed by atoms with Crippen LogP contribution >= 0.6 is 0 Å². The standard InChI is InChI=1S/C13H24N2O2/c1-10-5-6-15(9-11(10)8-14)13(16)12-4-2-3-7-17-12/h10-12H,2-9,14H2,1H3. The van der Waals surface area contributed by atoms with Gasteiger partial charge in [0.25, 0.3) is 5.91 Å². The van der Waals surface area contributed by atoms with E-state index in [9.17, 15) is 4.79 Å². The van der Waals surface area contributed by atoms with Gasteiger partial charge >= 0.3 is 0 Å². The number of nitrogens with two attached hydrogens (primary N) is 1. The van der Waals surface area contributed by atoms with Gasteiger partial charge in [-0.25, -0.2) is 0 Å². The van der Waals surface area contributed by atoms with Crippen molar-refractivity contribution in [3.8, 4) is 0 Å². The SMILES string of the molecule is CC1CCN(C(=O)C2CCCCO2)CC1CN. The summed E-state index contributed by atoms with van der Waals surface area (Å²) in [6.07, 6.45) is 3.97. The third-order valence-electron chi connectivity index (χ3n) is 4.18. The van der Waals surface area contributed by atoms with Crippen LogP contribution in [-0.2, 0) is 9.53 Å². The highest BCUT2D eigenvalue weighted by atomic mass is 16.5. The summed E-state index contributed by atoms with van der Waals surface area (Å²) in [6, 6.07) is 0. The van der Waals surface area contributed by atoms with Gasteiger partial charge in [0.1, 0.15) is 6.10 Å². The molecular formula is C13H24N2O2. The first-order valence-corrected chi connectivity index (χ1v) is 6.83. The van der Waals surface area contributed by atoms with Gasteiger partial charge in [0.05, 0.1) is 0 Å². The fourth-order valence-corrected chi connectivity index (χ4v) is 2.80. The van der Waals surface area contributed by atoms with E-state index in [1.54, 1.807) is 0 Å². The molecule has 2 aliphatic rings. The molecule has 2 saturated heterocycles. The molecule has 0 bridgehead atoms. The molecule has 4 heteroatoms. The maximum Gasteiger partial charge on any atom is 0.251 e. The molecule has 3 atom stereocenters. The first-order chi connectivity index (χ1) is 8.22. The summed E-state index contributed by atoms with van der Waals surface area (Å²) in [7, 11) is 0. The highest BCUT2D eigenvalue weighted by Crippen LogP contribution is 2.24. The number of amides is 1. The lowest BCUT2D eigenvalue weighted by Gasteiger charge is -2.38. The molecule has 2 aliphatic heterocycles. The number of rotatable bonds is 2. The summed E-state index contributed by atoms with van der Waals surface area (Å²) in [4.78, 5) is 14.2. The van der Waals surface area contributed by atoms with E-state index in [1.807, 2.05) is 4.90 Å². The minimum atomic E-state index is -0.185. The molecule has 17 heavy (non-hydrogen) atoms. The predicted molar refractivity (Wildman–Crippen MR) is 66.5 cm³/mol. The average Bonchev–Trinajstić information content (AvgIpc) is 2.39. The zero-order valence-electron chi connectivity index (χ0n) is 10.7. The van der Waals surface area contributed by atoms with Crippen LogP contribution in [0, 0.1) is 11.8 Å². The second kappa shape index (κ2) is 5.83. The molecule has 2 N–H and O–H groups in total. The Bertz CT molecular complexity index is 264. The average molecular weight is 240 g/mol. The molecular weight excluding hydrogens is 216 g/mol. The molecule has 98 valence electrons. The molecule has 0 radical (unpaired) electrons. The van der Waals surface area contributed by atoms with Gasteiger partial charge in [0.15, 0.2) is 0 Å². The van der Waals surface area contributed by atoms with Crippen molar-refractivity contribution in [2.75, 3.05) is 26.2 Å². The Labute approximate surface area is 103 Å². The van der Waals surface area contributed by atoms with Crippen LogP contribution in [0.3, 0.4) is 0 Å². The van der Waals surface area contributed by atoms with Gasteiger partial charge in [0.2, 0.25) is 0 Å². The fraction of sp³-hybridized carbons (Fsp3) is 0.923. The highest BCUT2D eigenvalue weighted by Gasteiger charge is 2.32. The van der Waals surface area contributed by atoms with E-state index >= 15 is 0 Å². The van der Waals surface area contributed by atoms with E-state index in [1.165, 1.54) is 0 Å². The van der Waals surface area contributed by atoms with Crippen molar-refractivity contribution in [3.63, 3.8) is 0 Å². The topological polar surface area (TPSA) is 55.6 Å². The van der Waals surface area contributed by atoms with Crippen molar-refractivity contribution in [2.45, 2.75) is 38.7 Å². The van der Waals surface area contributed by atoms with E-state index in [0.29, 0.717) is 18.4 Å². The van der Waals surface area contributed by atoms with Crippen LogP contribution < -0.4 is 5.73 Å². The smallest absolute Gasteiger partial charge is 0.251 e. The lowest BCUT2D eigenvalue weighted by Crippen LogP contribution is -2.49. The van der Waals surface area contributed by atoms with Gasteiger partial charge in [0, 0.05) is 19.7 Å². The minimum Gasteiger partial charge on any atom is -0.368 e. The summed E-state index contributed by atoms with van der Waals surface area (Å²) < 4.78 is 5.57. The molecule has 0 aromatic carbocycles. The molecule has 0 aromatic heterocycles. The number of likely N-dealkylation sites (tertiary alicyclic amines) is 1. The van der Waals surface area contributed by atoms with E-state index in [0.717, 1.165) is 45.4 Å². The highest BCUT2D eigenvalue weighted by molar-refractivity contribution is 5.81. The van der Waals surface area contributed by atoms with Gasteiger partial charge in [-0.15, -0.1) is 0 Å². The van der Waals surface area contributed by atoms with Gasteiger partial charge in [-0.3, -0.25) is 4.79 Å². The molecule has 4 nitrogen and oxygen atoms in total.